The zero-order chi connectivity index (χ0) is 21.3. The average molecular weight is 536 g/mol. The van der Waals surface area contributed by atoms with Crippen LogP contribution in [-0.4, -0.2) is 53.9 Å². The number of amides is 1. The molecule has 31 heavy (non-hydrogen) atoms. The van der Waals surface area contributed by atoms with E-state index in [-0.39, 0.29) is 29.9 Å². The number of nitrogens with zero attached hydrogens (tertiary/aromatic N) is 3. The molecule has 0 fully saturated rings. The van der Waals surface area contributed by atoms with E-state index in [9.17, 15) is 4.79 Å². The second-order valence-electron chi connectivity index (χ2n) is 6.98. The minimum absolute atomic E-state index is 0. The molecule has 1 aromatic carbocycles. The Bertz CT molecular complexity index is 983. The van der Waals surface area contributed by atoms with E-state index in [4.69, 9.17) is 4.42 Å². The van der Waals surface area contributed by atoms with Gasteiger partial charge in [-0.05, 0) is 25.0 Å². The summed E-state index contributed by atoms with van der Waals surface area (Å²) in [6.45, 7) is 3.68. The number of guanidine groups is 1. The number of halogens is 1. The molecule has 8 nitrogen and oxygen atoms in total. The molecule has 0 bridgehead atoms. The van der Waals surface area contributed by atoms with Crippen LogP contribution in [0.2, 0.25) is 0 Å². The molecule has 0 atom stereocenters. The van der Waals surface area contributed by atoms with Crippen molar-refractivity contribution in [1.29, 1.82) is 0 Å². The first-order valence-electron chi connectivity index (χ1n) is 9.92. The molecular formula is C22H29IN6O2. The van der Waals surface area contributed by atoms with Crippen molar-refractivity contribution in [2.24, 2.45) is 4.99 Å². The van der Waals surface area contributed by atoms with E-state index in [1.807, 2.05) is 55.4 Å². The number of H-pyrrole nitrogens is 1. The molecule has 0 aliphatic heterocycles. The fraction of sp³-hybridized carbons (Fsp3) is 0.318. The summed E-state index contributed by atoms with van der Waals surface area (Å²) in [6.07, 6.45) is 4.13. The molecule has 0 aliphatic carbocycles. The lowest BCUT2D eigenvalue weighted by Gasteiger charge is -2.21. The van der Waals surface area contributed by atoms with Crippen molar-refractivity contribution < 1.29 is 9.21 Å². The van der Waals surface area contributed by atoms with Gasteiger partial charge in [0.1, 0.15) is 5.82 Å². The smallest absolute Gasteiger partial charge is 0.287 e. The predicted molar refractivity (Wildman–Crippen MR) is 133 cm³/mol. The van der Waals surface area contributed by atoms with Crippen LogP contribution in [0.25, 0.3) is 11.3 Å². The van der Waals surface area contributed by atoms with Crippen LogP contribution in [0.4, 0.5) is 0 Å². The maximum absolute atomic E-state index is 12.0. The molecule has 1 amide bonds. The van der Waals surface area contributed by atoms with Crippen molar-refractivity contribution in [3.63, 3.8) is 0 Å². The van der Waals surface area contributed by atoms with E-state index in [0.717, 1.165) is 35.0 Å². The van der Waals surface area contributed by atoms with Gasteiger partial charge in [-0.3, -0.25) is 9.79 Å². The number of hydrogen-bond donors (Lipinski definition) is 3. The van der Waals surface area contributed by atoms with Gasteiger partial charge >= 0.3 is 0 Å². The number of aryl methyl sites for hydroxylation is 1. The summed E-state index contributed by atoms with van der Waals surface area (Å²) in [5.74, 6) is 1.80. The predicted octanol–water partition coefficient (Wildman–Crippen LogP) is 3.42. The van der Waals surface area contributed by atoms with E-state index in [1.165, 1.54) is 6.26 Å². The van der Waals surface area contributed by atoms with Gasteiger partial charge in [0.05, 0.1) is 24.7 Å². The molecule has 2 heterocycles. The van der Waals surface area contributed by atoms with Gasteiger partial charge in [0, 0.05) is 32.7 Å². The number of hydrogen-bond acceptors (Lipinski definition) is 4. The Morgan fingerprint density at radius 3 is 2.61 bits per heavy atom. The fourth-order valence-corrected chi connectivity index (χ4v) is 3.07. The number of imidazole rings is 1. The molecule has 0 unspecified atom stereocenters. The molecule has 0 saturated carbocycles. The molecule has 0 aliphatic rings. The summed E-state index contributed by atoms with van der Waals surface area (Å²) >= 11 is 0. The molecule has 3 N–H and O–H groups in total. The summed E-state index contributed by atoms with van der Waals surface area (Å²) in [7, 11) is 3.71. The van der Waals surface area contributed by atoms with E-state index in [0.29, 0.717) is 25.4 Å². The first-order chi connectivity index (χ1) is 14.6. The van der Waals surface area contributed by atoms with Gasteiger partial charge < -0.3 is 24.9 Å². The van der Waals surface area contributed by atoms with Crippen molar-refractivity contribution in [3.8, 4) is 11.3 Å². The van der Waals surface area contributed by atoms with Gasteiger partial charge in [-0.1, -0.05) is 30.3 Å². The van der Waals surface area contributed by atoms with E-state index in [2.05, 4.69) is 25.6 Å². The summed E-state index contributed by atoms with van der Waals surface area (Å²) < 4.78 is 5.19. The zero-order valence-corrected chi connectivity index (χ0v) is 20.3. The standard InChI is InChI=1S/C22H28N6O2.HI/c1-16-10-13-30-20(16)21(29)24-11-7-12-25-22(23-2)28(3)15-19-26-14-18(27-19)17-8-5-4-6-9-17;/h4-6,8-10,13-14H,7,11-12,15H2,1-3H3,(H,23,25)(H,24,29)(H,26,27);1H. The molecular weight excluding hydrogens is 507 g/mol. The quantitative estimate of drug-likeness (QED) is 0.177. The lowest BCUT2D eigenvalue weighted by molar-refractivity contribution is 0.0925. The van der Waals surface area contributed by atoms with Crippen LogP contribution < -0.4 is 10.6 Å². The topological polar surface area (TPSA) is 98.5 Å². The lowest BCUT2D eigenvalue weighted by atomic mass is 10.2. The van der Waals surface area contributed by atoms with Crippen LogP contribution in [-0.2, 0) is 6.54 Å². The first-order valence-corrected chi connectivity index (χ1v) is 9.92. The van der Waals surface area contributed by atoms with Crippen molar-refractivity contribution >= 4 is 35.8 Å². The van der Waals surface area contributed by atoms with Crippen LogP contribution in [0, 0.1) is 6.92 Å². The zero-order valence-electron chi connectivity index (χ0n) is 18.0. The van der Waals surface area contributed by atoms with Crippen LogP contribution in [0.3, 0.4) is 0 Å². The Morgan fingerprint density at radius 2 is 1.94 bits per heavy atom. The highest BCUT2D eigenvalue weighted by atomic mass is 127. The summed E-state index contributed by atoms with van der Waals surface area (Å²) in [4.78, 5) is 26.2. The maximum atomic E-state index is 12.0. The summed E-state index contributed by atoms with van der Waals surface area (Å²) in [5.41, 5.74) is 2.93. The number of aliphatic imine (C=N–C) groups is 1. The molecule has 2 aromatic heterocycles. The minimum Gasteiger partial charge on any atom is -0.459 e. The van der Waals surface area contributed by atoms with E-state index in [1.54, 1.807) is 13.1 Å². The average Bonchev–Trinajstić information content (AvgIpc) is 3.40. The Hall–Kier alpha value is -2.82. The number of furan rings is 1. The maximum Gasteiger partial charge on any atom is 0.287 e. The van der Waals surface area contributed by atoms with Gasteiger partial charge in [-0.15, -0.1) is 24.0 Å². The minimum atomic E-state index is -0.189. The van der Waals surface area contributed by atoms with Gasteiger partial charge in [-0.2, -0.15) is 0 Å². The van der Waals surface area contributed by atoms with Crippen LogP contribution >= 0.6 is 24.0 Å². The third-order valence-corrected chi connectivity index (χ3v) is 4.66. The number of aromatic amines is 1. The van der Waals surface area contributed by atoms with Crippen molar-refractivity contribution in [3.05, 3.63) is 66.0 Å². The first kappa shape index (κ1) is 24.4. The monoisotopic (exact) mass is 536 g/mol. The molecule has 166 valence electrons. The second-order valence-corrected chi connectivity index (χ2v) is 6.98. The fourth-order valence-electron chi connectivity index (χ4n) is 3.07. The van der Waals surface area contributed by atoms with Gasteiger partial charge in [0.25, 0.3) is 5.91 Å². The molecule has 0 spiro atoms. The van der Waals surface area contributed by atoms with Crippen molar-refractivity contribution in [2.75, 3.05) is 27.2 Å². The highest BCUT2D eigenvalue weighted by Crippen LogP contribution is 2.16. The Balaban J connectivity index is 0.00000341. The molecule has 3 rings (SSSR count). The third-order valence-electron chi connectivity index (χ3n) is 4.66. The van der Waals surface area contributed by atoms with Gasteiger partial charge in [0.2, 0.25) is 0 Å². The number of carbonyl (C=O) groups is 1. The van der Waals surface area contributed by atoms with Gasteiger partial charge in [-0.25, -0.2) is 4.98 Å². The molecule has 0 saturated heterocycles. The number of benzene rings is 1. The third kappa shape index (κ3) is 6.84. The summed E-state index contributed by atoms with van der Waals surface area (Å²) in [5, 5.41) is 6.17. The highest BCUT2D eigenvalue weighted by molar-refractivity contribution is 14.0. The van der Waals surface area contributed by atoms with E-state index >= 15 is 0 Å². The van der Waals surface area contributed by atoms with Crippen LogP contribution in [0.1, 0.15) is 28.4 Å². The SMILES string of the molecule is CN=C(NCCCNC(=O)c1occc1C)N(C)Cc1ncc(-c2ccccc2)[nH]1.I. The number of nitrogens with one attached hydrogen (secondary N) is 3. The Labute approximate surface area is 199 Å². The van der Waals surface area contributed by atoms with Gasteiger partial charge in [0.15, 0.2) is 11.7 Å². The van der Waals surface area contributed by atoms with Crippen LogP contribution in [0.5, 0.6) is 0 Å². The Kier molecular flexibility index (Phi) is 9.57. The van der Waals surface area contributed by atoms with Crippen LogP contribution in [0.15, 0.2) is 58.3 Å². The molecule has 3 aromatic rings. The summed E-state index contributed by atoms with van der Waals surface area (Å²) in [6, 6.07) is 11.9. The largest absolute Gasteiger partial charge is 0.459 e. The Morgan fingerprint density at radius 1 is 1.19 bits per heavy atom. The number of rotatable bonds is 8. The molecule has 0 radical (unpaired) electrons. The lowest BCUT2D eigenvalue weighted by Crippen LogP contribution is -2.40. The van der Waals surface area contributed by atoms with Crippen molar-refractivity contribution in [2.45, 2.75) is 19.9 Å². The second kappa shape index (κ2) is 12.1. The normalized spacial score (nSPS) is 11.0. The van der Waals surface area contributed by atoms with Crippen molar-refractivity contribution in [1.82, 2.24) is 25.5 Å². The molecule has 9 heteroatoms. The number of aromatic nitrogens is 2. The van der Waals surface area contributed by atoms with E-state index < -0.39 is 0 Å². The number of carbonyl (C=O) groups excluding carboxylic acids is 1. The highest BCUT2D eigenvalue weighted by Gasteiger charge is 2.12.